The standard InChI is InChI=1S/C26H22N2O4/c1-15-24(26(30)27-12-11-17-14-28-22-10-6-5-7-18(17)22)21-13-23(32-16(2)29)19-8-3-4-9-20(19)25(21)31-15/h3-10,13-14,28H,11-12H2,1-2H3,(H,27,30). The highest BCUT2D eigenvalue weighted by Crippen LogP contribution is 2.37. The number of H-pyrrole nitrogens is 1. The fourth-order valence-electron chi connectivity index (χ4n) is 4.26. The molecule has 32 heavy (non-hydrogen) atoms. The molecule has 0 saturated carbocycles. The van der Waals surface area contributed by atoms with Crippen LogP contribution in [0.1, 0.15) is 28.6 Å². The van der Waals surface area contributed by atoms with Crippen LogP contribution in [0.2, 0.25) is 0 Å². The van der Waals surface area contributed by atoms with E-state index < -0.39 is 5.97 Å². The largest absolute Gasteiger partial charge is 0.460 e. The van der Waals surface area contributed by atoms with Gasteiger partial charge in [-0.1, -0.05) is 42.5 Å². The Labute approximate surface area is 184 Å². The van der Waals surface area contributed by atoms with Crippen LogP contribution < -0.4 is 10.1 Å². The van der Waals surface area contributed by atoms with Crippen LogP contribution in [0.5, 0.6) is 5.75 Å². The Morgan fingerprint density at radius 2 is 1.72 bits per heavy atom. The number of benzene rings is 3. The molecule has 0 unspecified atom stereocenters. The third-order valence-corrected chi connectivity index (χ3v) is 5.67. The highest BCUT2D eigenvalue weighted by Gasteiger charge is 2.22. The molecule has 0 atom stereocenters. The van der Waals surface area contributed by atoms with E-state index in [1.54, 1.807) is 13.0 Å². The molecule has 3 aromatic carbocycles. The summed E-state index contributed by atoms with van der Waals surface area (Å²) < 4.78 is 11.4. The van der Waals surface area contributed by atoms with Crippen molar-refractivity contribution < 1.29 is 18.7 Å². The van der Waals surface area contributed by atoms with Gasteiger partial charge in [-0.05, 0) is 31.0 Å². The quantitative estimate of drug-likeness (QED) is 0.296. The lowest BCUT2D eigenvalue weighted by Crippen LogP contribution is -2.26. The van der Waals surface area contributed by atoms with Crippen LogP contribution in [0.25, 0.3) is 32.6 Å². The molecule has 6 nitrogen and oxygen atoms in total. The number of para-hydroxylation sites is 1. The molecule has 2 aromatic heterocycles. The minimum atomic E-state index is -0.417. The number of fused-ring (bicyclic) bond motifs is 4. The molecule has 5 aromatic rings. The summed E-state index contributed by atoms with van der Waals surface area (Å²) in [5.74, 6) is 0.300. The molecule has 0 aliphatic carbocycles. The molecule has 0 radical (unpaired) electrons. The van der Waals surface area contributed by atoms with Gasteiger partial charge in [-0.25, -0.2) is 0 Å². The van der Waals surface area contributed by atoms with Gasteiger partial charge in [0, 0.05) is 46.7 Å². The van der Waals surface area contributed by atoms with E-state index in [9.17, 15) is 9.59 Å². The van der Waals surface area contributed by atoms with Crippen molar-refractivity contribution in [2.75, 3.05) is 6.54 Å². The van der Waals surface area contributed by atoms with Gasteiger partial charge in [0.05, 0.1) is 5.56 Å². The fraction of sp³-hybridized carbons (Fsp3) is 0.154. The number of hydrogen-bond donors (Lipinski definition) is 2. The molecule has 6 heteroatoms. The number of ether oxygens (including phenoxy) is 1. The summed E-state index contributed by atoms with van der Waals surface area (Å²) in [5.41, 5.74) is 3.29. The molecule has 0 aliphatic rings. The number of hydrogen-bond acceptors (Lipinski definition) is 4. The Morgan fingerprint density at radius 3 is 2.50 bits per heavy atom. The molecular formula is C26H22N2O4. The van der Waals surface area contributed by atoms with E-state index in [0.29, 0.717) is 41.0 Å². The predicted molar refractivity (Wildman–Crippen MR) is 124 cm³/mol. The van der Waals surface area contributed by atoms with Crippen molar-refractivity contribution in [1.82, 2.24) is 10.3 Å². The third-order valence-electron chi connectivity index (χ3n) is 5.67. The first-order valence-corrected chi connectivity index (χ1v) is 10.5. The van der Waals surface area contributed by atoms with Gasteiger partial charge in [-0.3, -0.25) is 9.59 Å². The number of amides is 1. The summed E-state index contributed by atoms with van der Waals surface area (Å²) in [6.07, 6.45) is 2.68. The van der Waals surface area contributed by atoms with Gasteiger partial charge in [0.2, 0.25) is 0 Å². The molecule has 2 N–H and O–H groups in total. The van der Waals surface area contributed by atoms with Crippen molar-refractivity contribution in [1.29, 1.82) is 0 Å². The summed E-state index contributed by atoms with van der Waals surface area (Å²) in [4.78, 5) is 28.0. The molecule has 0 saturated heterocycles. The first-order valence-electron chi connectivity index (χ1n) is 10.5. The zero-order valence-corrected chi connectivity index (χ0v) is 17.8. The summed E-state index contributed by atoms with van der Waals surface area (Å²) in [6, 6.07) is 17.3. The van der Waals surface area contributed by atoms with E-state index in [-0.39, 0.29) is 5.91 Å². The monoisotopic (exact) mass is 426 g/mol. The molecule has 1 amide bonds. The van der Waals surface area contributed by atoms with Gasteiger partial charge in [-0.15, -0.1) is 0 Å². The van der Waals surface area contributed by atoms with E-state index in [1.807, 2.05) is 48.7 Å². The van der Waals surface area contributed by atoms with Gasteiger partial charge in [0.15, 0.2) is 0 Å². The number of rotatable bonds is 5. The molecule has 0 spiro atoms. The number of carbonyl (C=O) groups is 2. The minimum Gasteiger partial charge on any atom is -0.460 e. The number of esters is 1. The predicted octanol–water partition coefficient (Wildman–Crippen LogP) is 5.27. The van der Waals surface area contributed by atoms with E-state index in [4.69, 9.17) is 9.15 Å². The summed E-state index contributed by atoms with van der Waals surface area (Å²) in [6.45, 7) is 3.62. The van der Waals surface area contributed by atoms with Gasteiger partial charge >= 0.3 is 5.97 Å². The maximum atomic E-state index is 13.1. The van der Waals surface area contributed by atoms with Crippen LogP contribution in [-0.2, 0) is 11.2 Å². The average Bonchev–Trinajstić information content (AvgIpc) is 3.34. The van der Waals surface area contributed by atoms with Crippen LogP contribution in [0.4, 0.5) is 0 Å². The minimum absolute atomic E-state index is 0.217. The smallest absolute Gasteiger partial charge is 0.308 e. The second-order valence-electron chi connectivity index (χ2n) is 7.79. The number of nitrogens with one attached hydrogen (secondary N) is 2. The molecule has 0 fully saturated rings. The third kappa shape index (κ3) is 3.39. The maximum Gasteiger partial charge on any atom is 0.308 e. The lowest BCUT2D eigenvalue weighted by Gasteiger charge is -2.08. The van der Waals surface area contributed by atoms with Crippen molar-refractivity contribution in [2.45, 2.75) is 20.3 Å². The van der Waals surface area contributed by atoms with Crippen LogP contribution in [0.3, 0.4) is 0 Å². The topological polar surface area (TPSA) is 84.3 Å². The number of aromatic nitrogens is 1. The first kappa shape index (κ1) is 19.9. The lowest BCUT2D eigenvalue weighted by atomic mass is 10.0. The van der Waals surface area contributed by atoms with Crippen molar-refractivity contribution in [3.8, 4) is 5.75 Å². The van der Waals surface area contributed by atoms with Crippen LogP contribution >= 0.6 is 0 Å². The van der Waals surface area contributed by atoms with E-state index in [2.05, 4.69) is 16.4 Å². The molecule has 0 bridgehead atoms. The van der Waals surface area contributed by atoms with Crippen molar-refractivity contribution >= 4 is 44.5 Å². The van der Waals surface area contributed by atoms with Crippen molar-refractivity contribution in [3.63, 3.8) is 0 Å². The number of aromatic amines is 1. The number of carbonyl (C=O) groups excluding carboxylic acids is 2. The van der Waals surface area contributed by atoms with Gasteiger partial charge in [0.1, 0.15) is 17.1 Å². The van der Waals surface area contributed by atoms with E-state index in [0.717, 1.165) is 27.2 Å². The zero-order chi connectivity index (χ0) is 22.2. The Balaban J connectivity index is 1.46. The number of furan rings is 1. The van der Waals surface area contributed by atoms with Gasteiger partial charge in [0.25, 0.3) is 5.91 Å². The number of aryl methyl sites for hydroxylation is 1. The Hall–Kier alpha value is -4.06. The Morgan fingerprint density at radius 1 is 1.00 bits per heavy atom. The highest BCUT2D eigenvalue weighted by atomic mass is 16.5. The molecule has 0 aliphatic heterocycles. The fourth-order valence-corrected chi connectivity index (χ4v) is 4.26. The summed E-state index contributed by atoms with van der Waals surface area (Å²) in [7, 11) is 0. The second kappa shape index (κ2) is 7.89. The Kier molecular flexibility index (Phi) is 4.90. The van der Waals surface area contributed by atoms with Crippen molar-refractivity contribution in [2.24, 2.45) is 0 Å². The molecule has 5 rings (SSSR count). The van der Waals surface area contributed by atoms with E-state index >= 15 is 0 Å². The van der Waals surface area contributed by atoms with Crippen LogP contribution in [0.15, 0.2) is 65.2 Å². The maximum absolute atomic E-state index is 13.1. The zero-order valence-electron chi connectivity index (χ0n) is 17.8. The molecule has 2 heterocycles. The lowest BCUT2D eigenvalue weighted by molar-refractivity contribution is -0.131. The van der Waals surface area contributed by atoms with Crippen LogP contribution in [0, 0.1) is 6.92 Å². The highest BCUT2D eigenvalue weighted by molar-refractivity contribution is 6.16. The Bertz CT molecular complexity index is 1490. The molecule has 160 valence electrons. The van der Waals surface area contributed by atoms with Crippen LogP contribution in [-0.4, -0.2) is 23.4 Å². The average molecular weight is 426 g/mol. The normalized spacial score (nSPS) is 11.3. The van der Waals surface area contributed by atoms with Gasteiger partial charge in [-0.2, -0.15) is 0 Å². The summed E-state index contributed by atoms with van der Waals surface area (Å²) in [5, 5.41) is 6.35. The first-order chi connectivity index (χ1) is 15.5. The summed E-state index contributed by atoms with van der Waals surface area (Å²) >= 11 is 0. The molecular weight excluding hydrogens is 404 g/mol. The van der Waals surface area contributed by atoms with Crippen molar-refractivity contribution in [3.05, 3.63) is 77.7 Å². The SMILES string of the molecule is CC(=O)Oc1cc2c(C(=O)NCCc3c[nH]c4ccccc34)c(C)oc2c2ccccc12. The van der Waals surface area contributed by atoms with Gasteiger partial charge < -0.3 is 19.5 Å². The second-order valence-corrected chi connectivity index (χ2v) is 7.79. The van der Waals surface area contributed by atoms with E-state index in [1.165, 1.54) is 6.92 Å².